The Balaban J connectivity index is 1.59. The number of rotatable bonds is 5. The summed E-state index contributed by atoms with van der Waals surface area (Å²) in [5.74, 6) is -0.726. The number of urea groups is 1. The van der Waals surface area contributed by atoms with Crippen LogP contribution in [-0.4, -0.2) is 34.1 Å². The van der Waals surface area contributed by atoms with E-state index in [9.17, 15) is 14.4 Å². The fourth-order valence-electron chi connectivity index (χ4n) is 3.93. The van der Waals surface area contributed by atoms with E-state index in [-0.39, 0.29) is 23.9 Å². The number of aryl methyl sites for hydroxylation is 3. The van der Waals surface area contributed by atoms with Crippen molar-refractivity contribution in [1.29, 1.82) is 0 Å². The first-order chi connectivity index (χ1) is 13.4. The van der Waals surface area contributed by atoms with Gasteiger partial charge >= 0.3 is 6.03 Å². The predicted molar refractivity (Wildman–Crippen MR) is 105 cm³/mol. The number of carbonyl (C=O) groups excluding carboxylic acids is 3. The molecule has 2 unspecified atom stereocenters. The molecule has 0 saturated heterocycles. The molecule has 2 amide bonds. The molecule has 7 nitrogen and oxygen atoms in total. The highest BCUT2D eigenvalue weighted by Crippen LogP contribution is 2.37. The second kappa shape index (κ2) is 8.29. The summed E-state index contributed by atoms with van der Waals surface area (Å²) in [6.07, 6.45) is 3.53. The lowest BCUT2D eigenvalue weighted by atomic mass is 9.86. The monoisotopic (exact) mass is 380 g/mol. The summed E-state index contributed by atoms with van der Waals surface area (Å²) in [5.41, 5.74) is 3.92. The van der Waals surface area contributed by atoms with Gasteiger partial charge in [-0.2, -0.15) is 0 Å². The zero-order chi connectivity index (χ0) is 20.3. The van der Waals surface area contributed by atoms with E-state index in [1.54, 1.807) is 6.07 Å². The van der Waals surface area contributed by atoms with E-state index < -0.39 is 11.9 Å². The maximum Gasteiger partial charge on any atom is 0.320 e. The van der Waals surface area contributed by atoms with Crippen molar-refractivity contribution in [3.05, 3.63) is 53.0 Å². The van der Waals surface area contributed by atoms with Gasteiger partial charge in [-0.25, -0.2) is 14.8 Å². The van der Waals surface area contributed by atoms with E-state index in [1.165, 1.54) is 12.5 Å². The third-order valence-corrected chi connectivity index (χ3v) is 5.09. The largest absolute Gasteiger partial charge is 0.338 e. The fourth-order valence-corrected chi connectivity index (χ4v) is 3.93. The highest BCUT2D eigenvalue weighted by atomic mass is 16.2. The molecule has 0 bridgehead atoms. The average molecular weight is 380 g/mol. The molecule has 1 fully saturated rings. The molecule has 0 aliphatic heterocycles. The van der Waals surface area contributed by atoms with Crippen LogP contribution < -0.4 is 10.6 Å². The second-order valence-electron chi connectivity index (χ2n) is 7.28. The van der Waals surface area contributed by atoms with Crippen LogP contribution >= 0.6 is 0 Å². The van der Waals surface area contributed by atoms with Gasteiger partial charge in [0.15, 0.2) is 5.78 Å². The molecule has 2 N–H and O–H groups in total. The summed E-state index contributed by atoms with van der Waals surface area (Å²) in [6, 6.07) is 5.19. The summed E-state index contributed by atoms with van der Waals surface area (Å²) in [4.78, 5) is 45.1. The first-order valence-corrected chi connectivity index (χ1v) is 9.32. The van der Waals surface area contributed by atoms with E-state index >= 15 is 0 Å². The molecule has 7 heteroatoms. The van der Waals surface area contributed by atoms with Gasteiger partial charge in [0.1, 0.15) is 23.8 Å². The lowest BCUT2D eigenvalue weighted by Crippen LogP contribution is -2.31. The number of anilines is 1. The van der Waals surface area contributed by atoms with Crippen molar-refractivity contribution in [2.45, 2.75) is 39.5 Å². The van der Waals surface area contributed by atoms with Gasteiger partial charge in [0.05, 0.1) is 0 Å². The number of amides is 2. The first-order valence-electron chi connectivity index (χ1n) is 9.32. The molecule has 146 valence electrons. The van der Waals surface area contributed by atoms with E-state index in [2.05, 4.69) is 20.6 Å². The lowest BCUT2D eigenvalue weighted by molar-refractivity contribution is -0.124. The normalized spacial score (nSPS) is 19.0. The van der Waals surface area contributed by atoms with Crippen LogP contribution in [0.4, 0.5) is 10.6 Å². The molecule has 1 aliphatic carbocycles. The van der Waals surface area contributed by atoms with Crippen LogP contribution in [0.1, 0.15) is 41.0 Å². The third-order valence-electron chi connectivity index (χ3n) is 5.09. The van der Waals surface area contributed by atoms with E-state index in [1.807, 2.05) is 32.9 Å². The molecule has 2 atom stereocenters. The van der Waals surface area contributed by atoms with Crippen molar-refractivity contribution in [3.63, 3.8) is 0 Å². The number of nitrogens with one attached hydrogen (secondary N) is 2. The Morgan fingerprint density at radius 2 is 1.89 bits per heavy atom. The lowest BCUT2D eigenvalue weighted by Gasteiger charge is -2.16. The van der Waals surface area contributed by atoms with Gasteiger partial charge in [0, 0.05) is 25.1 Å². The zero-order valence-electron chi connectivity index (χ0n) is 16.3. The standard InChI is InChI=1S/C21H24N4O3/c1-12-8-13(2)18(14(3)9-12)19-16(26)10-15(20(19)27)4-7-23-21(28)25-17-5-6-22-11-24-17/h5-6,8-9,11,15,19H,4,7,10H2,1-3H3,(H2,22,23,24,25,28). The van der Waals surface area contributed by atoms with Crippen LogP contribution in [0.15, 0.2) is 30.7 Å². The quantitative estimate of drug-likeness (QED) is 0.777. The van der Waals surface area contributed by atoms with Crippen LogP contribution in [-0.2, 0) is 9.59 Å². The van der Waals surface area contributed by atoms with Crippen molar-refractivity contribution < 1.29 is 14.4 Å². The third kappa shape index (κ3) is 4.24. The topological polar surface area (TPSA) is 101 Å². The van der Waals surface area contributed by atoms with Gasteiger partial charge in [-0.1, -0.05) is 17.7 Å². The van der Waals surface area contributed by atoms with Crippen LogP contribution in [0.3, 0.4) is 0 Å². The molecule has 2 aromatic rings. The highest BCUT2D eigenvalue weighted by molar-refractivity contribution is 6.15. The maximum absolute atomic E-state index is 12.9. The molecule has 1 aliphatic rings. The summed E-state index contributed by atoms with van der Waals surface area (Å²) >= 11 is 0. The number of carbonyl (C=O) groups is 3. The van der Waals surface area contributed by atoms with Gasteiger partial charge in [0.25, 0.3) is 0 Å². The minimum Gasteiger partial charge on any atom is -0.338 e. The Labute approximate surface area is 164 Å². The van der Waals surface area contributed by atoms with Gasteiger partial charge in [0.2, 0.25) is 0 Å². The van der Waals surface area contributed by atoms with Crippen molar-refractivity contribution in [3.8, 4) is 0 Å². The number of hydrogen-bond acceptors (Lipinski definition) is 5. The Hall–Kier alpha value is -3.09. The van der Waals surface area contributed by atoms with E-state index in [4.69, 9.17) is 0 Å². The second-order valence-corrected chi connectivity index (χ2v) is 7.28. The number of hydrogen-bond donors (Lipinski definition) is 2. The summed E-state index contributed by atoms with van der Waals surface area (Å²) in [6.45, 7) is 6.20. The number of benzene rings is 1. The smallest absolute Gasteiger partial charge is 0.320 e. The van der Waals surface area contributed by atoms with Crippen LogP contribution in [0.25, 0.3) is 0 Å². The molecule has 1 aromatic carbocycles. The molecule has 1 aromatic heterocycles. The number of Topliss-reactive ketones (excluding diaryl/α,β-unsaturated/α-hetero) is 2. The summed E-state index contributed by atoms with van der Waals surface area (Å²) in [7, 11) is 0. The van der Waals surface area contributed by atoms with Crippen LogP contribution in [0.5, 0.6) is 0 Å². The van der Waals surface area contributed by atoms with Crippen molar-refractivity contribution in [2.24, 2.45) is 5.92 Å². The zero-order valence-corrected chi connectivity index (χ0v) is 16.3. The molecule has 28 heavy (non-hydrogen) atoms. The minimum absolute atomic E-state index is 0.0320. The molecular weight excluding hydrogens is 356 g/mol. The van der Waals surface area contributed by atoms with Crippen molar-refractivity contribution in [2.75, 3.05) is 11.9 Å². The maximum atomic E-state index is 12.9. The SMILES string of the molecule is Cc1cc(C)c(C2C(=O)CC(CCNC(=O)Nc3ccncn3)C2=O)c(C)c1. The Morgan fingerprint density at radius 1 is 1.18 bits per heavy atom. The first kappa shape index (κ1) is 19.7. The van der Waals surface area contributed by atoms with Crippen molar-refractivity contribution in [1.82, 2.24) is 15.3 Å². The van der Waals surface area contributed by atoms with Crippen LogP contribution in [0.2, 0.25) is 0 Å². The molecular formula is C21H24N4O3. The molecule has 0 radical (unpaired) electrons. The van der Waals surface area contributed by atoms with E-state index in [0.29, 0.717) is 18.8 Å². The summed E-state index contributed by atoms with van der Waals surface area (Å²) in [5, 5.41) is 5.29. The molecule has 0 spiro atoms. The van der Waals surface area contributed by atoms with Gasteiger partial charge in [-0.3, -0.25) is 14.9 Å². The highest BCUT2D eigenvalue weighted by Gasteiger charge is 2.42. The van der Waals surface area contributed by atoms with Gasteiger partial charge in [-0.15, -0.1) is 0 Å². The summed E-state index contributed by atoms with van der Waals surface area (Å²) < 4.78 is 0. The number of nitrogens with zero attached hydrogens (tertiary/aromatic N) is 2. The van der Waals surface area contributed by atoms with Crippen molar-refractivity contribution >= 4 is 23.4 Å². The Bertz CT molecular complexity index is 888. The molecule has 1 saturated carbocycles. The van der Waals surface area contributed by atoms with E-state index in [0.717, 1.165) is 22.3 Å². The van der Waals surface area contributed by atoms with Crippen LogP contribution in [0, 0.1) is 26.7 Å². The van der Waals surface area contributed by atoms with Gasteiger partial charge < -0.3 is 5.32 Å². The Kier molecular flexibility index (Phi) is 5.82. The number of aromatic nitrogens is 2. The fraction of sp³-hybridized carbons (Fsp3) is 0.381. The van der Waals surface area contributed by atoms with Gasteiger partial charge in [-0.05, 0) is 49.9 Å². The molecule has 1 heterocycles. The average Bonchev–Trinajstić information content (AvgIpc) is 2.90. The number of ketones is 2. The minimum atomic E-state index is -0.680. The predicted octanol–water partition coefficient (Wildman–Crippen LogP) is 2.86. The Morgan fingerprint density at radius 3 is 2.54 bits per heavy atom. The molecule has 3 rings (SSSR count).